The molecule has 2 aromatic carbocycles. The maximum absolute atomic E-state index is 12.9. The molecule has 0 aliphatic carbocycles. The number of nitrogens with zero attached hydrogens (tertiary/aromatic N) is 2. The average molecular weight is 449 g/mol. The molecule has 3 heterocycles. The lowest BCUT2D eigenvalue weighted by Crippen LogP contribution is -2.27. The molecule has 3 aromatic rings. The molecule has 2 N–H and O–H groups in total. The number of hydrogen-bond acceptors (Lipinski definition) is 5. The summed E-state index contributed by atoms with van der Waals surface area (Å²) in [6.45, 7) is 3.55. The Kier molecular flexibility index (Phi) is 5.38. The van der Waals surface area contributed by atoms with Crippen molar-refractivity contribution in [1.29, 1.82) is 0 Å². The Morgan fingerprint density at radius 3 is 2.88 bits per heavy atom. The highest BCUT2D eigenvalue weighted by Crippen LogP contribution is 2.31. The molecule has 0 saturated carbocycles. The Hall–Kier alpha value is -3.26. The molecule has 1 fully saturated rings. The minimum Gasteiger partial charge on any atom is -0.355 e. The van der Waals surface area contributed by atoms with E-state index in [0.29, 0.717) is 31.1 Å². The number of pyridine rings is 1. The van der Waals surface area contributed by atoms with Gasteiger partial charge in [-0.3, -0.25) is 13.8 Å². The standard InChI is InChI=1S/C24H24N4O3S/c1-15-6-7-19-18(10-15)20(27-24(30)17-11-23(29)25-13-17)12-22(26-19)28-8-9-32(31)21-5-3-2-4-16(21)14-28/h2-7,10,12,17H,8-9,11,13-14H2,1H3,(H,25,29)(H,26,27,30). The first-order valence-corrected chi connectivity index (χ1v) is 12.0. The van der Waals surface area contributed by atoms with Crippen LogP contribution in [-0.4, -0.2) is 39.8 Å². The van der Waals surface area contributed by atoms with E-state index in [0.717, 1.165) is 32.7 Å². The molecule has 164 valence electrons. The largest absolute Gasteiger partial charge is 0.355 e. The number of rotatable bonds is 3. The third-order valence-corrected chi connectivity index (χ3v) is 7.45. The van der Waals surface area contributed by atoms with Crippen LogP contribution in [0.1, 0.15) is 17.5 Å². The summed E-state index contributed by atoms with van der Waals surface area (Å²) in [6, 6.07) is 15.6. The number of carbonyl (C=O) groups is 2. The van der Waals surface area contributed by atoms with Gasteiger partial charge in [0.25, 0.3) is 0 Å². The van der Waals surface area contributed by atoms with Gasteiger partial charge >= 0.3 is 0 Å². The SMILES string of the molecule is Cc1ccc2nc(N3CCS(=O)c4ccccc4C3)cc(NC(=O)C3CNC(=O)C3)c2c1. The Morgan fingerprint density at radius 1 is 1.22 bits per heavy atom. The predicted molar refractivity (Wildman–Crippen MR) is 125 cm³/mol. The van der Waals surface area contributed by atoms with E-state index in [4.69, 9.17) is 4.98 Å². The van der Waals surface area contributed by atoms with Gasteiger partial charge in [0.2, 0.25) is 11.8 Å². The van der Waals surface area contributed by atoms with Crippen molar-refractivity contribution >= 4 is 45.0 Å². The van der Waals surface area contributed by atoms with Gasteiger partial charge in [0.05, 0.1) is 27.9 Å². The Bertz CT molecular complexity index is 1260. The molecule has 2 atom stereocenters. The number of amides is 2. The Balaban J connectivity index is 1.53. The maximum atomic E-state index is 12.9. The summed E-state index contributed by atoms with van der Waals surface area (Å²) in [7, 11) is -1.05. The van der Waals surface area contributed by atoms with Crippen molar-refractivity contribution in [2.75, 3.05) is 29.1 Å². The number of aryl methyl sites for hydroxylation is 1. The number of benzene rings is 2. The van der Waals surface area contributed by atoms with Crippen LogP contribution in [-0.2, 0) is 26.9 Å². The number of carbonyl (C=O) groups excluding carboxylic acids is 2. The Morgan fingerprint density at radius 2 is 2.06 bits per heavy atom. The van der Waals surface area contributed by atoms with E-state index < -0.39 is 10.8 Å². The average Bonchev–Trinajstić information content (AvgIpc) is 3.15. The molecular weight excluding hydrogens is 424 g/mol. The summed E-state index contributed by atoms with van der Waals surface area (Å²) in [5.41, 5.74) is 3.55. The smallest absolute Gasteiger partial charge is 0.229 e. The van der Waals surface area contributed by atoms with E-state index in [1.54, 1.807) is 0 Å². The van der Waals surface area contributed by atoms with Crippen LogP contribution < -0.4 is 15.5 Å². The molecule has 8 heteroatoms. The zero-order chi connectivity index (χ0) is 22.2. The molecule has 32 heavy (non-hydrogen) atoms. The second-order valence-corrected chi connectivity index (χ2v) is 9.86. The topological polar surface area (TPSA) is 91.4 Å². The monoisotopic (exact) mass is 448 g/mol. The van der Waals surface area contributed by atoms with Crippen LogP contribution >= 0.6 is 0 Å². The second-order valence-electron chi connectivity index (χ2n) is 8.32. The normalized spacial score (nSPS) is 20.5. The molecule has 2 aliphatic heterocycles. The van der Waals surface area contributed by atoms with Crippen LogP contribution in [0.4, 0.5) is 11.5 Å². The summed E-state index contributed by atoms with van der Waals surface area (Å²) < 4.78 is 12.7. The second kappa shape index (κ2) is 8.35. The lowest BCUT2D eigenvalue weighted by atomic mass is 10.1. The number of fused-ring (bicyclic) bond motifs is 2. The molecule has 0 radical (unpaired) electrons. The van der Waals surface area contributed by atoms with Gasteiger partial charge in [-0.1, -0.05) is 29.8 Å². The highest BCUT2D eigenvalue weighted by Gasteiger charge is 2.28. The number of aromatic nitrogens is 1. The maximum Gasteiger partial charge on any atom is 0.229 e. The van der Waals surface area contributed by atoms with E-state index in [2.05, 4.69) is 15.5 Å². The highest BCUT2D eigenvalue weighted by molar-refractivity contribution is 7.85. The first kappa shape index (κ1) is 20.6. The van der Waals surface area contributed by atoms with Crippen LogP contribution in [0.3, 0.4) is 0 Å². The molecule has 0 bridgehead atoms. The van der Waals surface area contributed by atoms with Gasteiger partial charge in [0.15, 0.2) is 0 Å². The molecule has 1 aromatic heterocycles. The molecule has 1 saturated heterocycles. The molecule has 5 rings (SSSR count). The van der Waals surface area contributed by atoms with Crippen molar-refractivity contribution in [3.8, 4) is 0 Å². The van der Waals surface area contributed by atoms with Crippen LogP contribution in [0.25, 0.3) is 10.9 Å². The van der Waals surface area contributed by atoms with Crippen LogP contribution in [0, 0.1) is 12.8 Å². The summed E-state index contributed by atoms with van der Waals surface area (Å²) in [5.74, 6) is 0.586. The summed E-state index contributed by atoms with van der Waals surface area (Å²) >= 11 is 0. The van der Waals surface area contributed by atoms with Gasteiger partial charge in [0, 0.05) is 48.2 Å². The number of anilines is 2. The first-order chi connectivity index (χ1) is 15.5. The molecule has 2 amide bonds. The van der Waals surface area contributed by atoms with Gasteiger partial charge in [0.1, 0.15) is 5.82 Å². The predicted octanol–water partition coefficient (Wildman–Crippen LogP) is 2.75. The van der Waals surface area contributed by atoms with Gasteiger partial charge in [-0.15, -0.1) is 0 Å². The van der Waals surface area contributed by atoms with Crippen molar-refractivity contribution < 1.29 is 13.8 Å². The van der Waals surface area contributed by atoms with E-state index in [1.807, 2.05) is 55.5 Å². The summed E-state index contributed by atoms with van der Waals surface area (Å²) in [4.78, 5) is 32.3. The first-order valence-electron chi connectivity index (χ1n) is 10.7. The highest BCUT2D eigenvalue weighted by atomic mass is 32.2. The van der Waals surface area contributed by atoms with E-state index in [-0.39, 0.29) is 24.2 Å². The third-order valence-electron chi connectivity index (χ3n) is 6.01. The third kappa shape index (κ3) is 3.98. The van der Waals surface area contributed by atoms with Crippen LogP contribution in [0.5, 0.6) is 0 Å². The van der Waals surface area contributed by atoms with Crippen molar-refractivity contribution in [1.82, 2.24) is 10.3 Å². The van der Waals surface area contributed by atoms with E-state index >= 15 is 0 Å². The van der Waals surface area contributed by atoms with E-state index in [9.17, 15) is 13.8 Å². The number of nitrogens with one attached hydrogen (secondary N) is 2. The zero-order valence-electron chi connectivity index (χ0n) is 17.8. The van der Waals surface area contributed by atoms with Crippen molar-refractivity contribution in [2.45, 2.75) is 24.8 Å². The van der Waals surface area contributed by atoms with E-state index in [1.165, 1.54) is 0 Å². The fourth-order valence-electron chi connectivity index (χ4n) is 4.26. The van der Waals surface area contributed by atoms with Crippen molar-refractivity contribution in [2.24, 2.45) is 5.92 Å². The number of hydrogen-bond donors (Lipinski definition) is 2. The molecule has 2 aliphatic rings. The fourth-order valence-corrected chi connectivity index (χ4v) is 5.52. The van der Waals surface area contributed by atoms with Gasteiger partial charge in [-0.25, -0.2) is 4.98 Å². The molecule has 0 spiro atoms. The summed E-state index contributed by atoms with van der Waals surface area (Å²) in [6.07, 6.45) is 0.204. The quantitative estimate of drug-likeness (QED) is 0.643. The van der Waals surface area contributed by atoms with Gasteiger partial charge < -0.3 is 15.5 Å². The Labute approximate surface area is 188 Å². The molecular formula is C24H24N4O3S. The molecule has 2 unspecified atom stereocenters. The summed E-state index contributed by atoms with van der Waals surface area (Å²) in [5, 5.41) is 6.62. The minimum absolute atomic E-state index is 0.0995. The van der Waals surface area contributed by atoms with Crippen molar-refractivity contribution in [3.63, 3.8) is 0 Å². The van der Waals surface area contributed by atoms with Crippen molar-refractivity contribution in [3.05, 3.63) is 59.7 Å². The van der Waals surface area contributed by atoms with Gasteiger partial charge in [-0.2, -0.15) is 0 Å². The lowest BCUT2D eigenvalue weighted by molar-refractivity contribution is -0.123. The van der Waals surface area contributed by atoms with Crippen LogP contribution in [0.15, 0.2) is 53.4 Å². The lowest BCUT2D eigenvalue weighted by Gasteiger charge is -2.23. The van der Waals surface area contributed by atoms with Gasteiger partial charge in [-0.05, 0) is 30.7 Å². The minimum atomic E-state index is -1.05. The zero-order valence-corrected chi connectivity index (χ0v) is 18.6. The fraction of sp³-hybridized carbons (Fsp3) is 0.292. The van der Waals surface area contributed by atoms with Crippen LogP contribution in [0.2, 0.25) is 0 Å². The molecule has 7 nitrogen and oxygen atoms in total.